The molecule has 170 valence electrons. The Morgan fingerprint density at radius 1 is 1.00 bits per heavy atom. The van der Waals surface area contributed by atoms with Crippen molar-refractivity contribution < 1.29 is 18.0 Å². The Labute approximate surface area is 189 Å². The van der Waals surface area contributed by atoms with Gasteiger partial charge in [0.2, 0.25) is 21.8 Å². The number of sulfonamides is 1. The van der Waals surface area contributed by atoms with E-state index in [1.807, 2.05) is 29.2 Å². The van der Waals surface area contributed by atoms with Crippen molar-refractivity contribution in [3.05, 3.63) is 59.7 Å². The van der Waals surface area contributed by atoms with Crippen LogP contribution < -0.4 is 5.32 Å². The lowest BCUT2D eigenvalue weighted by atomic mass is 9.92. The molecule has 1 fully saturated rings. The van der Waals surface area contributed by atoms with Crippen LogP contribution in [0.15, 0.2) is 53.4 Å². The van der Waals surface area contributed by atoms with Gasteiger partial charge in [0, 0.05) is 38.2 Å². The lowest BCUT2D eigenvalue weighted by Crippen LogP contribution is -2.42. The average molecular weight is 456 g/mol. The fraction of sp³-hybridized carbons (Fsp3) is 0.417. The van der Waals surface area contributed by atoms with Gasteiger partial charge in [-0.3, -0.25) is 9.59 Å². The van der Waals surface area contributed by atoms with E-state index in [-0.39, 0.29) is 23.1 Å². The number of rotatable bonds is 6. The minimum Gasteiger partial charge on any atom is -0.343 e. The third kappa shape index (κ3) is 4.56. The summed E-state index contributed by atoms with van der Waals surface area (Å²) in [7, 11) is -3.82. The first-order chi connectivity index (χ1) is 15.4. The van der Waals surface area contributed by atoms with Gasteiger partial charge in [0.25, 0.3) is 0 Å². The van der Waals surface area contributed by atoms with Crippen molar-refractivity contribution in [2.24, 2.45) is 0 Å². The molecule has 0 aromatic heterocycles. The second-order valence-corrected chi connectivity index (χ2v) is 10.2. The van der Waals surface area contributed by atoms with Crippen molar-refractivity contribution in [3.8, 4) is 0 Å². The maximum absolute atomic E-state index is 13.6. The quantitative estimate of drug-likeness (QED) is 0.724. The molecule has 7 nitrogen and oxygen atoms in total. The Morgan fingerprint density at radius 2 is 1.69 bits per heavy atom. The smallest absolute Gasteiger partial charge is 0.243 e. The molecule has 1 atom stereocenters. The summed E-state index contributed by atoms with van der Waals surface area (Å²) in [5.74, 6) is -0.129. The number of nitrogens with one attached hydrogen (secondary N) is 1. The Hall–Kier alpha value is -2.71. The first-order valence-corrected chi connectivity index (χ1v) is 12.6. The number of amides is 2. The fourth-order valence-electron chi connectivity index (χ4n) is 4.48. The van der Waals surface area contributed by atoms with E-state index in [9.17, 15) is 18.0 Å². The maximum Gasteiger partial charge on any atom is 0.243 e. The number of fused-ring (bicyclic) bond motifs is 1. The van der Waals surface area contributed by atoms with Gasteiger partial charge in [-0.05, 0) is 54.7 Å². The molecule has 0 aliphatic carbocycles. The van der Waals surface area contributed by atoms with Crippen molar-refractivity contribution in [2.75, 3.05) is 25.0 Å². The van der Waals surface area contributed by atoms with Gasteiger partial charge in [-0.2, -0.15) is 4.31 Å². The van der Waals surface area contributed by atoms with Crippen molar-refractivity contribution in [2.45, 2.75) is 50.0 Å². The normalized spacial score (nSPS) is 18.9. The molecule has 2 amide bonds. The summed E-state index contributed by atoms with van der Waals surface area (Å²) in [6.07, 6.45) is 3.08. The van der Waals surface area contributed by atoms with Gasteiger partial charge in [-0.25, -0.2) is 8.42 Å². The van der Waals surface area contributed by atoms with E-state index >= 15 is 0 Å². The van der Waals surface area contributed by atoms with E-state index < -0.39 is 16.1 Å². The highest BCUT2D eigenvalue weighted by Gasteiger charge is 2.38. The zero-order chi connectivity index (χ0) is 22.7. The van der Waals surface area contributed by atoms with Crippen molar-refractivity contribution >= 4 is 27.5 Å². The largest absolute Gasteiger partial charge is 0.343 e. The molecule has 2 heterocycles. The van der Waals surface area contributed by atoms with Gasteiger partial charge < -0.3 is 10.2 Å². The van der Waals surface area contributed by atoms with Gasteiger partial charge in [-0.1, -0.05) is 31.2 Å². The van der Waals surface area contributed by atoms with E-state index in [2.05, 4.69) is 5.32 Å². The third-order valence-corrected chi connectivity index (χ3v) is 8.18. The number of carbonyl (C=O) groups is 2. The zero-order valence-electron chi connectivity index (χ0n) is 18.3. The SMILES string of the molecule is CCC(=O)Nc1ccc(S(=O)(=O)N2CCc3ccccc3[C@@H]2CC(=O)N2CCCC2)cc1. The number of hydrogen-bond donors (Lipinski definition) is 1. The molecule has 0 saturated carbocycles. The van der Waals surface area contributed by atoms with Crippen LogP contribution in [0.25, 0.3) is 0 Å². The van der Waals surface area contributed by atoms with Gasteiger partial charge in [0.05, 0.1) is 10.9 Å². The second kappa shape index (κ2) is 9.42. The highest BCUT2D eigenvalue weighted by molar-refractivity contribution is 7.89. The topological polar surface area (TPSA) is 86.8 Å². The number of benzene rings is 2. The van der Waals surface area contributed by atoms with E-state index in [1.54, 1.807) is 19.1 Å². The van der Waals surface area contributed by atoms with Crippen molar-refractivity contribution in [3.63, 3.8) is 0 Å². The van der Waals surface area contributed by atoms with E-state index in [0.29, 0.717) is 25.1 Å². The molecule has 1 N–H and O–H groups in total. The summed E-state index contributed by atoms with van der Waals surface area (Å²) >= 11 is 0. The second-order valence-electron chi connectivity index (χ2n) is 8.30. The molecule has 1 saturated heterocycles. The highest BCUT2D eigenvalue weighted by atomic mass is 32.2. The van der Waals surface area contributed by atoms with Crippen LogP contribution in [-0.4, -0.2) is 49.1 Å². The van der Waals surface area contributed by atoms with Gasteiger partial charge in [0.1, 0.15) is 0 Å². The predicted octanol–water partition coefficient (Wildman–Crippen LogP) is 3.34. The monoisotopic (exact) mass is 455 g/mol. The van der Waals surface area contributed by atoms with Gasteiger partial charge in [0.15, 0.2) is 0 Å². The number of likely N-dealkylation sites (tertiary alicyclic amines) is 1. The van der Waals surface area contributed by atoms with Crippen LogP contribution in [0.5, 0.6) is 0 Å². The Morgan fingerprint density at radius 3 is 2.38 bits per heavy atom. The number of nitrogens with zero attached hydrogens (tertiary/aromatic N) is 2. The summed E-state index contributed by atoms with van der Waals surface area (Å²) in [5.41, 5.74) is 2.55. The summed E-state index contributed by atoms with van der Waals surface area (Å²) in [4.78, 5) is 26.6. The van der Waals surface area contributed by atoms with Crippen LogP contribution in [0.4, 0.5) is 5.69 Å². The van der Waals surface area contributed by atoms with E-state index in [1.165, 1.54) is 16.4 Å². The molecular formula is C24H29N3O4S. The average Bonchev–Trinajstić information content (AvgIpc) is 3.34. The molecule has 2 aliphatic rings. The Balaban J connectivity index is 1.63. The molecule has 0 bridgehead atoms. The van der Waals surface area contributed by atoms with Crippen LogP contribution in [-0.2, 0) is 26.0 Å². The number of anilines is 1. The first-order valence-electron chi connectivity index (χ1n) is 11.2. The van der Waals surface area contributed by atoms with Crippen LogP contribution in [0.1, 0.15) is 49.8 Å². The number of hydrogen-bond acceptors (Lipinski definition) is 4. The molecular weight excluding hydrogens is 426 g/mol. The zero-order valence-corrected chi connectivity index (χ0v) is 19.1. The minimum atomic E-state index is -3.82. The fourth-order valence-corrected chi connectivity index (χ4v) is 6.09. The van der Waals surface area contributed by atoms with Crippen molar-refractivity contribution in [1.82, 2.24) is 9.21 Å². The molecule has 0 spiro atoms. The molecule has 8 heteroatoms. The molecule has 4 rings (SSSR count). The lowest BCUT2D eigenvalue weighted by molar-refractivity contribution is -0.131. The molecule has 0 radical (unpaired) electrons. The third-order valence-electron chi connectivity index (χ3n) is 6.26. The summed E-state index contributed by atoms with van der Waals surface area (Å²) in [6.45, 7) is 3.56. The predicted molar refractivity (Wildman–Crippen MR) is 123 cm³/mol. The standard InChI is InChI=1S/C24H29N3O4S/c1-2-23(28)25-19-9-11-20(12-10-19)32(30,31)27-16-13-18-7-3-4-8-21(18)22(27)17-24(29)26-14-5-6-15-26/h3-4,7-12,22H,2,5-6,13-17H2,1H3,(H,25,28)/t22-/m0/s1. The minimum absolute atomic E-state index is 0.00188. The molecule has 0 unspecified atom stereocenters. The molecule has 2 aliphatic heterocycles. The number of carbonyl (C=O) groups excluding carboxylic acids is 2. The Bertz CT molecular complexity index is 1090. The van der Waals surface area contributed by atoms with Crippen LogP contribution in [0, 0.1) is 0 Å². The lowest BCUT2D eigenvalue weighted by Gasteiger charge is -2.36. The van der Waals surface area contributed by atoms with E-state index in [4.69, 9.17) is 0 Å². The van der Waals surface area contributed by atoms with E-state index in [0.717, 1.165) is 37.1 Å². The van der Waals surface area contributed by atoms with Crippen molar-refractivity contribution in [1.29, 1.82) is 0 Å². The molecule has 2 aromatic carbocycles. The first kappa shape index (κ1) is 22.5. The molecule has 32 heavy (non-hydrogen) atoms. The highest BCUT2D eigenvalue weighted by Crippen LogP contribution is 2.37. The summed E-state index contributed by atoms with van der Waals surface area (Å²) in [5, 5.41) is 2.73. The van der Waals surface area contributed by atoms with Crippen LogP contribution in [0.2, 0.25) is 0 Å². The summed E-state index contributed by atoms with van der Waals surface area (Å²) in [6, 6.07) is 13.5. The van der Waals surface area contributed by atoms with Crippen LogP contribution in [0.3, 0.4) is 0 Å². The van der Waals surface area contributed by atoms with Gasteiger partial charge >= 0.3 is 0 Å². The maximum atomic E-state index is 13.6. The Kier molecular flexibility index (Phi) is 6.62. The summed E-state index contributed by atoms with van der Waals surface area (Å²) < 4.78 is 28.7. The van der Waals surface area contributed by atoms with Crippen LogP contribution >= 0.6 is 0 Å². The van der Waals surface area contributed by atoms with Gasteiger partial charge in [-0.15, -0.1) is 0 Å². The molecule has 2 aromatic rings.